The molecule has 2 aliphatic rings. The number of methoxy groups -OCH3 is 1. The van der Waals surface area contributed by atoms with Crippen LogP contribution in [0.1, 0.15) is 28.9 Å². The van der Waals surface area contributed by atoms with Crippen molar-refractivity contribution in [1.82, 2.24) is 9.88 Å². The molecule has 10 heteroatoms. The minimum Gasteiger partial charge on any atom is -0.493 e. The molecule has 2 atom stereocenters. The van der Waals surface area contributed by atoms with Gasteiger partial charge in [-0.25, -0.2) is 0 Å². The van der Waals surface area contributed by atoms with Crippen molar-refractivity contribution in [2.24, 2.45) is 0 Å². The van der Waals surface area contributed by atoms with Crippen molar-refractivity contribution in [1.29, 1.82) is 0 Å². The maximum absolute atomic E-state index is 13.1. The van der Waals surface area contributed by atoms with E-state index in [4.69, 9.17) is 18.9 Å². The maximum Gasteiger partial charge on any atom is 0.392 e. The summed E-state index contributed by atoms with van der Waals surface area (Å²) in [6.07, 6.45) is -3.52. The number of nitrogens with zero attached hydrogens (tertiary/aromatic N) is 2. The highest BCUT2D eigenvalue weighted by Gasteiger charge is 2.52. The molecule has 0 aliphatic carbocycles. The van der Waals surface area contributed by atoms with E-state index in [0.717, 1.165) is 5.69 Å². The lowest BCUT2D eigenvalue weighted by atomic mass is 9.85. The zero-order chi connectivity index (χ0) is 22.8. The van der Waals surface area contributed by atoms with Crippen LogP contribution in [0.2, 0.25) is 0 Å². The second kappa shape index (κ2) is 8.95. The minimum absolute atomic E-state index is 0.126. The molecule has 0 N–H and O–H groups in total. The molecular weight excluding hydrogens is 429 g/mol. The molecule has 1 amide bonds. The average molecular weight is 452 g/mol. The minimum atomic E-state index is -4.31. The predicted octanol–water partition coefficient (Wildman–Crippen LogP) is 3.54. The topological polar surface area (TPSA) is 70.1 Å². The number of alkyl halides is 3. The zero-order valence-electron chi connectivity index (χ0n) is 17.4. The fourth-order valence-electron chi connectivity index (χ4n) is 4.02. The summed E-state index contributed by atoms with van der Waals surface area (Å²) in [6, 6.07) is 10.0. The van der Waals surface area contributed by atoms with Gasteiger partial charge in [-0.2, -0.15) is 13.2 Å². The number of carbonyl (C=O) groups excluding carboxylic acids is 1. The summed E-state index contributed by atoms with van der Waals surface area (Å²) in [5, 5.41) is 0. The van der Waals surface area contributed by atoms with E-state index >= 15 is 0 Å². The fourth-order valence-corrected chi connectivity index (χ4v) is 4.02. The van der Waals surface area contributed by atoms with E-state index in [9.17, 15) is 18.0 Å². The van der Waals surface area contributed by atoms with Crippen LogP contribution in [-0.2, 0) is 15.1 Å². The van der Waals surface area contributed by atoms with E-state index in [0.29, 0.717) is 25.1 Å². The largest absolute Gasteiger partial charge is 0.493 e. The van der Waals surface area contributed by atoms with Crippen LogP contribution < -0.4 is 9.47 Å². The molecule has 2 saturated heterocycles. The summed E-state index contributed by atoms with van der Waals surface area (Å²) < 4.78 is 59.2. The van der Waals surface area contributed by atoms with Gasteiger partial charge in [-0.1, -0.05) is 6.07 Å². The summed E-state index contributed by atoms with van der Waals surface area (Å²) in [5.41, 5.74) is 0.428. The van der Waals surface area contributed by atoms with Gasteiger partial charge < -0.3 is 23.8 Å². The molecule has 2 aromatic rings. The molecule has 7 nitrogen and oxygen atoms in total. The van der Waals surface area contributed by atoms with Crippen molar-refractivity contribution < 1.29 is 36.9 Å². The van der Waals surface area contributed by atoms with Gasteiger partial charge >= 0.3 is 6.18 Å². The Labute approximate surface area is 183 Å². The third-order valence-electron chi connectivity index (χ3n) is 5.68. The molecular formula is C22H23F3N2O5. The van der Waals surface area contributed by atoms with Crippen LogP contribution in [0.25, 0.3) is 0 Å². The summed E-state index contributed by atoms with van der Waals surface area (Å²) >= 11 is 0. The molecule has 0 saturated carbocycles. The molecule has 0 bridgehead atoms. The number of fused-ring (bicyclic) bond motifs is 1. The summed E-state index contributed by atoms with van der Waals surface area (Å²) in [5.74, 6) is 0.0993. The van der Waals surface area contributed by atoms with Gasteiger partial charge in [0.25, 0.3) is 5.91 Å². The summed E-state index contributed by atoms with van der Waals surface area (Å²) in [7, 11) is 1.37. The first kappa shape index (κ1) is 22.3. The van der Waals surface area contributed by atoms with Gasteiger partial charge in [0, 0.05) is 24.7 Å². The number of piperidine rings is 1. The van der Waals surface area contributed by atoms with Crippen LogP contribution in [0.4, 0.5) is 13.2 Å². The van der Waals surface area contributed by atoms with E-state index in [1.165, 1.54) is 25.3 Å². The SMILES string of the molecule is COc1cc(C(=O)N2CCC3(c4ccccn4)OCOC3C2)ccc1OCCC(F)(F)F. The van der Waals surface area contributed by atoms with Gasteiger partial charge in [-0.3, -0.25) is 9.78 Å². The highest BCUT2D eigenvalue weighted by molar-refractivity contribution is 5.95. The third-order valence-corrected chi connectivity index (χ3v) is 5.68. The normalized spacial score (nSPS) is 23.0. The van der Waals surface area contributed by atoms with Crippen LogP contribution in [0, 0.1) is 0 Å². The fraction of sp³-hybridized carbons (Fsp3) is 0.455. The molecule has 1 aromatic carbocycles. The summed E-state index contributed by atoms with van der Waals surface area (Å²) in [6.45, 7) is 0.345. The monoisotopic (exact) mass is 452 g/mol. The number of benzene rings is 1. The number of ether oxygens (including phenoxy) is 4. The van der Waals surface area contributed by atoms with Gasteiger partial charge in [0.15, 0.2) is 11.5 Å². The standard InChI is InChI=1S/C22H23F3N2O5/c1-29-17-12-15(5-6-16(17)30-11-8-22(23,24)25)20(28)27-10-7-21(18-4-2-3-9-26-18)19(13-27)31-14-32-21/h2-6,9,12,19H,7-8,10-11,13-14H2,1H3. The number of likely N-dealkylation sites (tertiary alicyclic amines) is 1. The maximum atomic E-state index is 13.1. The van der Waals surface area contributed by atoms with E-state index in [-0.39, 0.29) is 30.3 Å². The Morgan fingerprint density at radius 1 is 1.28 bits per heavy atom. The molecule has 3 heterocycles. The molecule has 32 heavy (non-hydrogen) atoms. The van der Waals surface area contributed by atoms with Gasteiger partial charge in [0.2, 0.25) is 0 Å². The van der Waals surface area contributed by atoms with E-state index in [1.54, 1.807) is 11.1 Å². The highest BCUT2D eigenvalue weighted by atomic mass is 19.4. The predicted molar refractivity (Wildman–Crippen MR) is 106 cm³/mol. The average Bonchev–Trinajstić information content (AvgIpc) is 3.23. The number of aromatic nitrogens is 1. The number of rotatable bonds is 6. The highest BCUT2D eigenvalue weighted by Crippen LogP contribution is 2.42. The third kappa shape index (κ3) is 4.51. The van der Waals surface area contributed by atoms with Crippen molar-refractivity contribution in [3.05, 3.63) is 53.9 Å². The first-order valence-corrected chi connectivity index (χ1v) is 10.2. The van der Waals surface area contributed by atoms with Gasteiger partial charge in [-0.15, -0.1) is 0 Å². The molecule has 2 unspecified atom stereocenters. The molecule has 172 valence electrons. The van der Waals surface area contributed by atoms with Crippen molar-refractivity contribution in [3.8, 4) is 11.5 Å². The van der Waals surface area contributed by atoms with E-state index in [1.807, 2.05) is 18.2 Å². The molecule has 2 fully saturated rings. The Morgan fingerprint density at radius 3 is 2.84 bits per heavy atom. The van der Waals surface area contributed by atoms with Crippen molar-refractivity contribution in [3.63, 3.8) is 0 Å². The Hall–Kier alpha value is -2.85. The molecule has 1 aromatic heterocycles. The van der Waals surface area contributed by atoms with Crippen molar-refractivity contribution >= 4 is 5.91 Å². The number of hydrogen-bond donors (Lipinski definition) is 0. The van der Waals surface area contributed by atoms with Crippen LogP contribution in [0.15, 0.2) is 42.6 Å². The molecule has 0 radical (unpaired) electrons. The number of hydrogen-bond acceptors (Lipinski definition) is 6. The van der Waals surface area contributed by atoms with Gasteiger partial charge in [0.1, 0.15) is 18.5 Å². The Morgan fingerprint density at radius 2 is 2.12 bits per heavy atom. The van der Waals surface area contributed by atoms with Crippen LogP contribution in [0.3, 0.4) is 0 Å². The lowest BCUT2D eigenvalue weighted by molar-refractivity contribution is -0.139. The zero-order valence-corrected chi connectivity index (χ0v) is 17.4. The molecule has 4 rings (SSSR count). The Bertz CT molecular complexity index is 956. The number of pyridine rings is 1. The second-order valence-electron chi connectivity index (χ2n) is 7.60. The number of amides is 1. The van der Waals surface area contributed by atoms with Crippen molar-refractivity contribution in [2.75, 3.05) is 33.6 Å². The molecule has 0 spiro atoms. The van der Waals surface area contributed by atoms with Crippen LogP contribution >= 0.6 is 0 Å². The van der Waals surface area contributed by atoms with E-state index in [2.05, 4.69) is 4.98 Å². The Balaban J connectivity index is 1.46. The van der Waals surface area contributed by atoms with Crippen molar-refractivity contribution in [2.45, 2.75) is 30.7 Å². The number of halogens is 3. The van der Waals surface area contributed by atoms with Crippen LogP contribution in [0.5, 0.6) is 11.5 Å². The van der Waals surface area contributed by atoms with Gasteiger partial charge in [-0.05, 0) is 30.3 Å². The van der Waals surface area contributed by atoms with E-state index < -0.39 is 24.8 Å². The lowest BCUT2D eigenvalue weighted by Crippen LogP contribution is -2.53. The Kier molecular flexibility index (Phi) is 6.25. The number of carbonyl (C=O) groups is 1. The first-order valence-electron chi connectivity index (χ1n) is 10.2. The smallest absolute Gasteiger partial charge is 0.392 e. The summed E-state index contributed by atoms with van der Waals surface area (Å²) in [4.78, 5) is 19.2. The quantitative estimate of drug-likeness (QED) is 0.668. The first-order chi connectivity index (χ1) is 15.3. The molecule has 2 aliphatic heterocycles. The van der Waals surface area contributed by atoms with Crippen LogP contribution in [-0.4, -0.2) is 61.7 Å². The van der Waals surface area contributed by atoms with Gasteiger partial charge in [0.05, 0.1) is 32.4 Å². The second-order valence-corrected chi connectivity index (χ2v) is 7.60. The lowest BCUT2D eigenvalue weighted by Gasteiger charge is -2.41.